The van der Waals surface area contributed by atoms with Crippen molar-refractivity contribution in [1.82, 2.24) is 0 Å². The summed E-state index contributed by atoms with van der Waals surface area (Å²) >= 11 is 0. The van der Waals surface area contributed by atoms with Gasteiger partial charge in [0.25, 0.3) is 0 Å². The summed E-state index contributed by atoms with van der Waals surface area (Å²) in [5.74, 6) is 0.507. The van der Waals surface area contributed by atoms with Gasteiger partial charge in [-0.25, -0.2) is 4.99 Å². The Morgan fingerprint density at radius 3 is 2.43 bits per heavy atom. The Morgan fingerprint density at radius 2 is 1.80 bits per heavy atom. The van der Waals surface area contributed by atoms with E-state index >= 15 is 0 Å². The zero-order chi connectivity index (χ0) is 21.9. The number of unbranched alkanes of at least 4 members (excludes halogenated alkanes) is 3. The summed E-state index contributed by atoms with van der Waals surface area (Å²) in [5.41, 5.74) is 3.75. The Balaban J connectivity index is 2.18. The smallest absolute Gasteiger partial charge is 0.142 e. The molecule has 2 rings (SSSR count). The zero-order valence-electron chi connectivity index (χ0n) is 18.1. The van der Waals surface area contributed by atoms with Crippen molar-refractivity contribution in [3.05, 3.63) is 35.6 Å². The summed E-state index contributed by atoms with van der Waals surface area (Å²) < 4.78 is 5.80. The van der Waals surface area contributed by atoms with Crippen LogP contribution >= 0.6 is 0 Å². The van der Waals surface area contributed by atoms with Crippen LogP contribution in [-0.2, 0) is 4.74 Å². The lowest BCUT2D eigenvalue weighted by molar-refractivity contribution is 0.222. The van der Waals surface area contributed by atoms with Gasteiger partial charge in [0.2, 0.25) is 0 Å². The summed E-state index contributed by atoms with van der Waals surface area (Å²) in [6.45, 7) is 5.61. The number of hydrogen-bond acceptors (Lipinski definition) is 7. The van der Waals surface area contributed by atoms with Crippen LogP contribution in [0, 0.1) is 17.7 Å². The second-order valence-corrected chi connectivity index (χ2v) is 7.45. The van der Waals surface area contributed by atoms with E-state index in [1.54, 1.807) is 6.08 Å². The largest absolute Gasteiger partial charge is 0.492 e. The van der Waals surface area contributed by atoms with Crippen LogP contribution in [0.1, 0.15) is 44.6 Å². The lowest BCUT2D eigenvalue weighted by atomic mass is 9.99. The van der Waals surface area contributed by atoms with Gasteiger partial charge in [0.1, 0.15) is 5.76 Å². The molecule has 1 aliphatic rings. The van der Waals surface area contributed by atoms with E-state index in [2.05, 4.69) is 11.9 Å². The third kappa shape index (κ3) is 6.78. The average Bonchev–Trinajstić information content (AvgIpc) is 2.72. The maximum absolute atomic E-state index is 9.24. The van der Waals surface area contributed by atoms with Crippen molar-refractivity contribution in [1.29, 1.82) is 10.8 Å². The van der Waals surface area contributed by atoms with Crippen LogP contribution in [0.4, 0.5) is 11.4 Å². The van der Waals surface area contributed by atoms with Crippen LogP contribution in [-0.4, -0.2) is 60.3 Å². The van der Waals surface area contributed by atoms with Crippen LogP contribution < -0.4 is 4.90 Å². The molecule has 4 N–H and O–H groups in total. The molecule has 1 aliphatic carbocycles. The van der Waals surface area contributed by atoms with Gasteiger partial charge in [-0.3, -0.25) is 0 Å². The standard InChI is InChI=1S/C23H34N4O3/c1-3-4-5-6-13-30-23-16-22(19(24)15-20(23)25)26-21-8-7-18(14-17(21)2)27(9-11-28)10-12-29/h7-8,14,16,24-25,28-29H,3-6,9-13,15H2,1-2H3. The second-order valence-electron chi connectivity index (χ2n) is 7.45. The molecule has 0 spiro atoms. The van der Waals surface area contributed by atoms with E-state index in [0.29, 0.717) is 42.6 Å². The van der Waals surface area contributed by atoms with Crippen molar-refractivity contribution in [2.75, 3.05) is 37.8 Å². The van der Waals surface area contributed by atoms with Gasteiger partial charge in [0, 0.05) is 31.3 Å². The number of rotatable bonds is 12. The number of aliphatic hydroxyl groups is 2. The highest BCUT2D eigenvalue weighted by atomic mass is 16.5. The summed E-state index contributed by atoms with van der Waals surface area (Å²) in [6.07, 6.45) is 6.34. The van der Waals surface area contributed by atoms with Crippen molar-refractivity contribution < 1.29 is 14.9 Å². The van der Waals surface area contributed by atoms with Crippen LogP contribution in [0.25, 0.3) is 0 Å². The molecule has 0 amide bonds. The van der Waals surface area contributed by atoms with E-state index in [1.165, 1.54) is 12.8 Å². The maximum Gasteiger partial charge on any atom is 0.142 e. The van der Waals surface area contributed by atoms with Crippen molar-refractivity contribution in [3.63, 3.8) is 0 Å². The fourth-order valence-electron chi connectivity index (χ4n) is 3.30. The van der Waals surface area contributed by atoms with Gasteiger partial charge in [-0.1, -0.05) is 26.2 Å². The molecule has 0 atom stereocenters. The summed E-state index contributed by atoms with van der Waals surface area (Å²) in [5, 5.41) is 34.8. The van der Waals surface area contributed by atoms with Gasteiger partial charge in [0.05, 0.1) is 42.6 Å². The van der Waals surface area contributed by atoms with E-state index in [4.69, 9.17) is 15.6 Å². The molecule has 0 unspecified atom stereocenters. The lowest BCUT2D eigenvalue weighted by Crippen LogP contribution is -2.29. The Labute approximate surface area is 179 Å². The number of allylic oxidation sites excluding steroid dienone is 2. The van der Waals surface area contributed by atoms with E-state index < -0.39 is 0 Å². The van der Waals surface area contributed by atoms with Gasteiger partial charge < -0.3 is 30.7 Å². The molecule has 1 aromatic carbocycles. The number of nitrogens with one attached hydrogen (secondary N) is 2. The first kappa shape index (κ1) is 23.8. The molecule has 0 saturated carbocycles. The molecule has 7 heteroatoms. The molecule has 0 radical (unpaired) electrons. The molecule has 164 valence electrons. The molecule has 0 saturated heterocycles. The van der Waals surface area contributed by atoms with Gasteiger partial charge in [0.15, 0.2) is 0 Å². The van der Waals surface area contributed by atoms with Crippen LogP contribution in [0.3, 0.4) is 0 Å². The quantitative estimate of drug-likeness (QED) is 0.390. The normalized spacial score (nSPS) is 15.5. The maximum atomic E-state index is 9.24. The number of hydrogen-bond donors (Lipinski definition) is 4. The van der Waals surface area contributed by atoms with E-state index in [0.717, 1.165) is 29.8 Å². The molecule has 0 aromatic heterocycles. The fraction of sp³-hybridized carbons (Fsp3) is 0.522. The number of ether oxygens (including phenoxy) is 1. The first-order valence-electron chi connectivity index (χ1n) is 10.7. The highest BCUT2D eigenvalue weighted by Crippen LogP contribution is 2.26. The number of anilines is 1. The van der Waals surface area contributed by atoms with Gasteiger partial charge in [-0.05, 0) is 37.1 Å². The first-order valence-corrected chi connectivity index (χ1v) is 10.7. The highest BCUT2D eigenvalue weighted by Gasteiger charge is 2.21. The molecule has 30 heavy (non-hydrogen) atoms. The third-order valence-corrected chi connectivity index (χ3v) is 5.01. The first-order chi connectivity index (χ1) is 14.5. The molecule has 1 aromatic rings. The van der Waals surface area contributed by atoms with Crippen molar-refractivity contribution in [2.45, 2.75) is 46.0 Å². The molecule has 0 heterocycles. The summed E-state index contributed by atoms with van der Waals surface area (Å²) in [6, 6.07) is 5.75. The van der Waals surface area contributed by atoms with E-state index in [1.807, 2.05) is 30.0 Å². The molecular formula is C23H34N4O3. The van der Waals surface area contributed by atoms with Gasteiger partial charge >= 0.3 is 0 Å². The Hall–Kier alpha value is -2.51. The number of aryl methyl sites for hydroxylation is 1. The molecular weight excluding hydrogens is 380 g/mol. The third-order valence-electron chi connectivity index (χ3n) is 5.01. The topological polar surface area (TPSA) is 113 Å². The van der Waals surface area contributed by atoms with Crippen molar-refractivity contribution in [3.8, 4) is 0 Å². The number of aliphatic hydroxyl groups excluding tert-OH is 2. The second kappa shape index (κ2) is 12.2. The van der Waals surface area contributed by atoms with Crippen molar-refractivity contribution >= 4 is 28.5 Å². The fourth-order valence-corrected chi connectivity index (χ4v) is 3.30. The molecule has 0 aliphatic heterocycles. The Bertz CT molecular complexity index is 796. The zero-order valence-corrected chi connectivity index (χ0v) is 18.1. The molecule has 7 nitrogen and oxygen atoms in total. The van der Waals surface area contributed by atoms with Crippen LogP contribution in [0.5, 0.6) is 0 Å². The monoisotopic (exact) mass is 414 g/mol. The van der Waals surface area contributed by atoms with E-state index in [9.17, 15) is 10.2 Å². The number of benzene rings is 1. The minimum absolute atomic E-state index is 0.0121. The Morgan fingerprint density at radius 1 is 1.07 bits per heavy atom. The number of nitrogens with zero attached hydrogens (tertiary/aromatic N) is 2. The van der Waals surface area contributed by atoms with Gasteiger partial charge in [-0.15, -0.1) is 0 Å². The Kier molecular flexibility index (Phi) is 9.70. The number of aliphatic imine (C=N–C) groups is 1. The molecule has 0 fully saturated rings. The van der Waals surface area contributed by atoms with Crippen LogP contribution in [0.15, 0.2) is 35.0 Å². The summed E-state index contributed by atoms with van der Waals surface area (Å²) in [4.78, 5) is 6.57. The SMILES string of the molecule is CCCCCCOC1=CC(=Nc2ccc(N(CCO)CCO)cc2C)C(=N)CC1=N. The summed E-state index contributed by atoms with van der Waals surface area (Å²) in [7, 11) is 0. The van der Waals surface area contributed by atoms with E-state index in [-0.39, 0.29) is 19.6 Å². The van der Waals surface area contributed by atoms with Gasteiger partial charge in [-0.2, -0.15) is 0 Å². The van der Waals surface area contributed by atoms with Crippen molar-refractivity contribution in [2.24, 2.45) is 4.99 Å². The average molecular weight is 415 g/mol. The van der Waals surface area contributed by atoms with Crippen LogP contribution in [0.2, 0.25) is 0 Å². The molecule has 0 bridgehead atoms. The predicted molar refractivity (Wildman–Crippen MR) is 123 cm³/mol. The minimum atomic E-state index is 0.0121. The highest BCUT2D eigenvalue weighted by molar-refractivity contribution is 6.51. The minimum Gasteiger partial charge on any atom is -0.492 e. The predicted octanol–water partition coefficient (Wildman–Crippen LogP) is 3.78. The lowest BCUT2D eigenvalue weighted by Gasteiger charge is -2.23.